The van der Waals surface area contributed by atoms with E-state index in [0.29, 0.717) is 18.1 Å². The topological polar surface area (TPSA) is 78.1 Å². The van der Waals surface area contributed by atoms with Gasteiger partial charge in [0.2, 0.25) is 5.89 Å². The Morgan fingerprint density at radius 1 is 1.33 bits per heavy atom. The second kappa shape index (κ2) is 6.02. The molecule has 2 N–H and O–H groups in total. The van der Waals surface area contributed by atoms with E-state index in [9.17, 15) is 0 Å². The number of nitrogens with zero attached hydrogens (tertiary/aromatic N) is 2. The molecule has 1 aliphatic carbocycles. The van der Waals surface area contributed by atoms with E-state index >= 15 is 0 Å². The van der Waals surface area contributed by atoms with Gasteiger partial charge in [0.25, 0.3) is 0 Å². The largest absolute Gasteiger partial charge is 0.469 e. The first-order valence-corrected chi connectivity index (χ1v) is 7.84. The first-order valence-electron chi connectivity index (χ1n) is 7.84. The molecule has 5 heteroatoms. The predicted octanol–water partition coefficient (Wildman–Crippen LogP) is 3.20. The Bertz CT molecular complexity index is 554. The van der Waals surface area contributed by atoms with Crippen molar-refractivity contribution in [1.29, 1.82) is 0 Å². The lowest BCUT2D eigenvalue weighted by atomic mass is 9.76. The summed E-state index contributed by atoms with van der Waals surface area (Å²) < 4.78 is 10.7. The van der Waals surface area contributed by atoms with E-state index in [1.54, 1.807) is 6.26 Å². The van der Waals surface area contributed by atoms with Crippen LogP contribution >= 0.6 is 0 Å². The maximum Gasteiger partial charge on any atom is 0.227 e. The Labute approximate surface area is 124 Å². The summed E-state index contributed by atoms with van der Waals surface area (Å²) in [5.41, 5.74) is 6.09. The molecule has 2 heterocycles. The van der Waals surface area contributed by atoms with E-state index in [1.807, 2.05) is 12.1 Å². The van der Waals surface area contributed by atoms with Crippen LogP contribution in [0.2, 0.25) is 0 Å². The molecule has 0 radical (unpaired) electrons. The molecule has 0 aromatic carbocycles. The van der Waals surface area contributed by atoms with Crippen molar-refractivity contribution in [2.75, 3.05) is 0 Å². The van der Waals surface area contributed by atoms with E-state index in [4.69, 9.17) is 14.7 Å². The van der Waals surface area contributed by atoms with Gasteiger partial charge in [0.15, 0.2) is 5.82 Å². The average molecular weight is 289 g/mol. The van der Waals surface area contributed by atoms with Gasteiger partial charge >= 0.3 is 0 Å². The average Bonchev–Trinajstić information content (AvgIpc) is 3.18. The number of nitrogens with two attached hydrogens (primary N) is 1. The van der Waals surface area contributed by atoms with Crippen LogP contribution < -0.4 is 5.73 Å². The molecule has 114 valence electrons. The number of furan rings is 1. The standard InChI is InChI=1S/C16H23N3O2/c1-2-12-7-9-16(17,10-8-12)15-18-14(21-19-15)6-5-13-4-3-11-20-13/h3-4,11-12H,2,5-10,17H2,1H3. The summed E-state index contributed by atoms with van der Waals surface area (Å²) in [5.74, 6) is 3.04. The Balaban J connectivity index is 1.61. The van der Waals surface area contributed by atoms with Crippen LogP contribution in [0, 0.1) is 5.92 Å². The van der Waals surface area contributed by atoms with E-state index in [-0.39, 0.29) is 0 Å². The molecule has 2 aromatic rings. The highest BCUT2D eigenvalue weighted by Gasteiger charge is 2.36. The van der Waals surface area contributed by atoms with Crippen LogP contribution in [0.4, 0.5) is 0 Å². The van der Waals surface area contributed by atoms with Gasteiger partial charge < -0.3 is 14.7 Å². The molecule has 2 aromatic heterocycles. The molecular formula is C16H23N3O2. The van der Waals surface area contributed by atoms with Gasteiger partial charge in [0.05, 0.1) is 11.8 Å². The second-order valence-corrected chi connectivity index (χ2v) is 6.10. The fourth-order valence-electron chi connectivity index (χ4n) is 3.07. The summed E-state index contributed by atoms with van der Waals surface area (Å²) in [7, 11) is 0. The van der Waals surface area contributed by atoms with Crippen LogP contribution in [0.3, 0.4) is 0 Å². The minimum Gasteiger partial charge on any atom is -0.469 e. The Kier molecular flexibility index (Phi) is 4.10. The summed E-state index contributed by atoms with van der Waals surface area (Å²) >= 11 is 0. The minimum absolute atomic E-state index is 0.405. The summed E-state index contributed by atoms with van der Waals surface area (Å²) in [6, 6.07) is 3.84. The first-order chi connectivity index (χ1) is 10.2. The molecule has 0 amide bonds. The second-order valence-electron chi connectivity index (χ2n) is 6.10. The van der Waals surface area contributed by atoms with Crippen molar-refractivity contribution in [2.24, 2.45) is 11.7 Å². The van der Waals surface area contributed by atoms with Crippen LogP contribution in [0.5, 0.6) is 0 Å². The van der Waals surface area contributed by atoms with Crippen molar-refractivity contribution < 1.29 is 8.94 Å². The predicted molar refractivity (Wildman–Crippen MR) is 78.5 cm³/mol. The number of hydrogen-bond acceptors (Lipinski definition) is 5. The molecule has 1 aliphatic rings. The molecule has 1 saturated carbocycles. The van der Waals surface area contributed by atoms with Crippen molar-refractivity contribution in [1.82, 2.24) is 10.1 Å². The summed E-state index contributed by atoms with van der Waals surface area (Å²) in [6.45, 7) is 2.25. The van der Waals surface area contributed by atoms with Crippen LogP contribution in [0.15, 0.2) is 27.3 Å². The Hall–Kier alpha value is -1.62. The number of rotatable bonds is 5. The molecule has 21 heavy (non-hydrogen) atoms. The van der Waals surface area contributed by atoms with Crippen LogP contribution in [0.25, 0.3) is 0 Å². The van der Waals surface area contributed by atoms with Crippen LogP contribution in [-0.2, 0) is 18.4 Å². The quantitative estimate of drug-likeness (QED) is 0.914. The van der Waals surface area contributed by atoms with Crippen molar-refractivity contribution in [2.45, 2.75) is 57.4 Å². The Morgan fingerprint density at radius 3 is 2.81 bits per heavy atom. The summed E-state index contributed by atoms with van der Waals surface area (Å²) in [5, 5.41) is 4.12. The third-order valence-electron chi connectivity index (χ3n) is 4.65. The fraction of sp³-hybridized carbons (Fsp3) is 0.625. The van der Waals surface area contributed by atoms with Gasteiger partial charge in [-0.3, -0.25) is 0 Å². The molecule has 3 rings (SSSR count). The first kappa shape index (κ1) is 14.3. The highest BCUT2D eigenvalue weighted by atomic mass is 16.5. The van der Waals surface area contributed by atoms with Gasteiger partial charge in [-0.15, -0.1) is 0 Å². The third-order valence-corrected chi connectivity index (χ3v) is 4.65. The van der Waals surface area contributed by atoms with E-state index in [1.165, 1.54) is 6.42 Å². The Morgan fingerprint density at radius 2 is 2.14 bits per heavy atom. The molecule has 5 nitrogen and oxygen atoms in total. The van der Waals surface area contributed by atoms with Crippen molar-refractivity contribution in [3.63, 3.8) is 0 Å². The van der Waals surface area contributed by atoms with Crippen LogP contribution in [-0.4, -0.2) is 10.1 Å². The molecule has 0 saturated heterocycles. The van der Waals surface area contributed by atoms with Crippen molar-refractivity contribution in [3.05, 3.63) is 35.9 Å². The van der Waals surface area contributed by atoms with E-state index < -0.39 is 5.54 Å². The zero-order valence-electron chi connectivity index (χ0n) is 12.5. The molecule has 0 aliphatic heterocycles. The lowest BCUT2D eigenvalue weighted by Gasteiger charge is -2.34. The summed E-state index contributed by atoms with van der Waals surface area (Å²) in [4.78, 5) is 4.51. The van der Waals surface area contributed by atoms with Gasteiger partial charge in [0, 0.05) is 12.8 Å². The minimum atomic E-state index is -0.405. The number of hydrogen-bond donors (Lipinski definition) is 1. The van der Waals surface area contributed by atoms with Crippen LogP contribution in [0.1, 0.15) is 56.5 Å². The lowest BCUT2D eigenvalue weighted by molar-refractivity contribution is 0.216. The normalized spacial score (nSPS) is 26.1. The van der Waals surface area contributed by atoms with Gasteiger partial charge in [0.1, 0.15) is 5.76 Å². The highest BCUT2D eigenvalue weighted by molar-refractivity contribution is 5.07. The van der Waals surface area contributed by atoms with Crippen molar-refractivity contribution in [3.8, 4) is 0 Å². The monoisotopic (exact) mass is 289 g/mol. The van der Waals surface area contributed by atoms with Crippen molar-refractivity contribution >= 4 is 0 Å². The lowest BCUT2D eigenvalue weighted by Crippen LogP contribution is -2.41. The SMILES string of the molecule is CCC1CCC(N)(c2noc(CCc3ccco3)n2)CC1. The van der Waals surface area contributed by atoms with E-state index in [0.717, 1.165) is 43.8 Å². The van der Waals surface area contributed by atoms with Gasteiger partial charge in [-0.05, 0) is 43.7 Å². The molecule has 0 atom stereocenters. The zero-order chi connectivity index (χ0) is 14.7. The van der Waals surface area contributed by atoms with Gasteiger partial charge in [-0.25, -0.2) is 0 Å². The third kappa shape index (κ3) is 3.18. The molecule has 0 spiro atoms. The molecule has 0 bridgehead atoms. The van der Waals surface area contributed by atoms with E-state index in [2.05, 4.69) is 17.1 Å². The maximum atomic E-state index is 6.50. The fourth-order valence-corrected chi connectivity index (χ4v) is 3.07. The number of aryl methyl sites for hydroxylation is 2. The summed E-state index contributed by atoms with van der Waals surface area (Å²) in [6.07, 6.45) is 8.57. The van der Waals surface area contributed by atoms with Gasteiger partial charge in [-0.1, -0.05) is 18.5 Å². The number of aromatic nitrogens is 2. The smallest absolute Gasteiger partial charge is 0.227 e. The maximum absolute atomic E-state index is 6.50. The molecule has 1 fully saturated rings. The molecular weight excluding hydrogens is 266 g/mol. The highest BCUT2D eigenvalue weighted by Crippen LogP contribution is 2.37. The molecule has 0 unspecified atom stereocenters. The van der Waals surface area contributed by atoms with Gasteiger partial charge in [-0.2, -0.15) is 4.98 Å². The zero-order valence-corrected chi connectivity index (χ0v) is 12.5.